The van der Waals surface area contributed by atoms with E-state index < -0.39 is 0 Å². The van der Waals surface area contributed by atoms with Gasteiger partial charge in [0, 0.05) is 5.56 Å². The van der Waals surface area contributed by atoms with E-state index in [4.69, 9.17) is 16.3 Å². The Kier molecular flexibility index (Phi) is 3.03. The van der Waals surface area contributed by atoms with E-state index in [9.17, 15) is 0 Å². The highest BCUT2D eigenvalue weighted by Crippen LogP contribution is 2.34. The molecule has 0 fully saturated rings. The Balaban J connectivity index is 1.90. The Hall–Kier alpha value is -1.81. The second-order valence-corrected chi connectivity index (χ2v) is 4.99. The number of ether oxygens (including phenoxy) is 1. The fourth-order valence-corrected chi connectivity index (χ4v) is 2.34. The molecule has 4 nitrogen and oxygen atoms in total. The van der Waals surface area contributed by atoms with Crippen LogP contribution >= 0.6 is 11.6 Å². The van der Waals surface area contributed by atoms with Gasteiger partial charge in [-0.15, -0.1) is 10.2 Å². The first-order valence-electron chi connectivity index (χ1n) is 6.14. The van der Waals surface area contributed by atoms with Crippen molar-refractivity contribution in [3.63, 3.8) is 0 Å². The molecule has 1 aliphatic rings. The van der Waals surface area contributed by atoms with Crippen LogP contribution in [-0.4, -0.2) is 16.8 Å². The monoisotopic (exact) mass is 275 g/mol. The molecule has 98 valence electrons. The van der Waals surface area contributed by atoms with E-state index in [2.05, 4.69) is 21.6 Å². The number of aromatic nitrogens is 2. The van der Waals surface area contributed by atoms with Gasteiger partial charge in [-0.1, -0.05) is 29.8 Å². The molecule has 1 atom stereocenters. The fraction of sp³-hybridized carbons (Fsp3) is 0.286. The Bertz CT molecular complexity index is 630. The molecule has 0 amide bonds. The van der Waals surface area contributed by atoms with Crippen LogP contribution in [0, 0.1) is 13.8 Å². The summed E-state index contributed by atoms with van der Waals surface area (Å²) < 4.78 is 5.64. The van der Waals surface area contributed by atoms with Gasteiger partial charge in [-0.05, 0) is 31.0 Å². The van der Waals surface area contributed by atoms with Crippen molar-refractivity contribution >= 4 is 17.4 Å². The van der Waals surface area contributed by atoms with Crippen molar-refractivity contribution in [1.29, 1.82) is 0 Å². The zero-order chi connectivity index (χ0) is 13.4. The second kappa shape index (κ2) is 4.70. The predicted octanol–water partition coefficient (Wildman–Crippen LogP) is 3.29. The van der Waals surface area contributed by atoms with Gasteiger partial charge in [0.1, 0.15) is 12.4 Å². The summed E-state index contributed by atoms with van der Waals surface area (Å²) in [5.41, 5.74) is 3.12. The van der Waals surface area contributed by atoms with Crippen LogP contribution in [0.15, 0.2) is 24.3 Å². The molecule has 2 heterocycles. The van der Waals surface area contributed by atoms with E-state index >= 15 is 0 Å². The summed E-state index contributed by atoms with van der Waals surface area (Å²) in [5.74, 6) is 1.68. The third-order valence-electron chi connectivity index (χ3n) is 3.48. The molecule has 1 aromatic heterocycles. The second-order valence-electron chi connectivity index (χ2n) is 4.64. The smallest absolute Gasteiger partial charge is 0.155 e. The molecule has 1 aliphatic heterocycles. The van der Waals surface area contributed by atoms with Gasteiger partial charge >= 0.3 is 0 Å². The van der Waals surface area contributed by atoms with Gasteiger partial charge < -0.3 is 10.1 Å². The summed E-state index contributed by atoms with van der Waals surface area (Å²) in [5, 5.41) is 11.9. The number of rotatable bonds is 2. The highest BCUT2D eigenvalue weighted by atomic mass is 35.5. The van der Waals surface area contributed by atoms with E-state index in [-0.39, 0.29) is 6.04 Å². The predicted molar refractivity (Wildman–Crippen MR) is 74.8 cm³/mol. The minimum absolute atomic E-state index is 0.102. The molecule has 1 aromatic carbocycles. The van der Waals surface area contributed by atoms with Gasteiger partial charge in [-0.25, -0.2) is 0 Å². The minimum Gasteiger partial charge on any atom is -0.491 e. The molecule has 1 unspecified atom stereocenters. The van der Waals surface area contributed by atoms with Gasteiger partial charge in [0.05, 0.1) is 6.04 Å². The van der Waals surface area contributed by atoms with Crippen LogP contribution in [0.25, 0.3) is 0 Å². The molecule has 0 bridgehead atoms. The molecular weight excluding hydrogens is 262 g/mol. The van der Waals surface area contributed by atoms with Crippen LogP contribution in [0.2, 0.25) is 5.15 Å². The molecule has 0 saturated carbocycles. The van der Waals surface area contributed by atoms with E-state index in [0.717, 1.165) is 28.3 Å². The van der Waals surface area contributed by atoms with Crippen LogP contribution in [0.1, 0.15) is 22.7 Å². The molecule has 0 radical (unpaired) electrons. The molecule has 1 N–H and O–H groups in total. The Morgan fingerprint density at radius 1 is 1.21 bits per heavy atom. The zero-order valence-corrected chi connectivity index (χ0v) is 11.5. The lowest BCUT2D eigenvalue weighted by molar-refractivity contribution is 0.339. The van der Waals surface area contributed by atoms with Crippen molar-refractivity contribution in [1.82, 2.24) is 10.2 Å². The highest BCUT2D eigenvalue weighted by molar-refractivity contribution is 6.30. The minimum atomic E-state index is 0.102. The van der Waals surface area contributed by atoms with Crippen molar-refractivity contribution in [3.05, 3.63) is 46.1 Å². The molecule has 2 aromatic rings. The van der Waals surface area contributed by atoms with Crippen LogP contribution in [-0.2, 0) is 0 Å². The first kappa shape index (κ1) is 12.2. The summed E-state index contributed by atoms with van der Waals surface area (Å²) in [4.78, 5) is 0. The maximum Gasteiger partial charge on any atom is 0.155 e. The van der Waals surface area contributed by atoms with Crippen molar-refractivity contribution in [2.24, 2.45) is 0 Å². The number of para-hydroxylation sites is 1. The number of nitrogens with zero attached hydrogens (tertiary/aromatic N) is 2. The molecule has 19 heavy (non-hydrogen) atoms. The van der Waals surface area contributed by atoms with Gasteiger partial charge in [-0.2, -0.15) is 0 Å². The Morgan fingerprint density at radius 2 is 2.00 bits per heavy atom. The quantitative estimate of drug-likeness (QED) is 0.914. The van der Waals surface area contributed by atoms with Crippen LogP contribution in [0.3, 0.4) is 0 Å². The van der Waals surface area contributed by atoms with Crippen molar-refractivity contribution in [2.75, 3.05) is 11.9 Å². The van der Waals surface area contributed by atoms with E-state index in [1.807, 2.05) is 32.0 Å². The summed E-state index contributed by atoms with van der Waals surface area (Å²) >= 11 is 5.96. The molecule has 5 heteroatoms. The van der Waals surface area contributed by atoms with Gasteiger partial charge in [0.15, 0.2) is 11.0 Å². The number of hydrogen-bond donors (Lipinski definition) is 1. The van der Waals surface area contributed by atoms with Gasteiger partial charge in [0.25, 0.3) is 0 Å². The Morgan fingerprint density at radius 3 is 2.84 bits per heavy atom. The molecule has 0 aliphatic carbocycles. The number of halogens is 1. The summed E-state index contributed by atoms with van der Waals surface area (Å²) in [6, 6.07) is 8.12. The number of anilines is 1. The maximum atomic E-state index is 5.96. The molecule has 0 spiro atoms. The van der Waals surface area contributed by atoms with E-state index in [0.29, 0.717) is 11.8 Å². The third-order valence-corrected chi connectivity index (χ3v) is 3.83. The zero-order valence-electron chi connectivity index (χ0n) is 10.8. The van der Waals surface area contributed by atoms with E-state index in [1.165, 1.54) is 0 Å². The lowest BCUT2D eigenvalue weighted by Crippen LogP contribution is -2.15. The number of hydrogen-bond acceptors (Lipinski definition) is 4. The summed E-state index contributed by atoms with van der Waals surface area (Å²) in [6.45, 7) is 4.53. The Labute approximate surface area is 116 Å². The largest absolute Gasteiger partial charge is 0.491 e. The fourth-order valence-electron chi connectivity index (χ4n) is 2.16. The first-order chi connectivity index (χ1) is 9.16. The average Bonchev–Trinajstić information content (AvgIpc) is 2.83. The lowest BCUT2D eigenvalue weighted by Gasteiger charge is -2.15. The van der Waals surface area contributed by atoms with Gasteiger partial charge in [-0.3, -0.25) is 0 Å². The summed E-state index contributed by atoms with van der Waals surface area (Å²) in [7, 11) is 0. The SMILES string of the molecule is Cc1c(Cl)nnc(NC2COc3ccccc32)c1C. The first-order valence-corrected chi connectivity index (χ1v) is 6.52. The topological polar surface area (TPSA) is 47.0 Å². The summed E-state index contributed by atoms with van der Waals surface area (Å²) in [6.07, 6.45) is 0. The van der Waals surface area contributed by atoms with Crippen molar-refractivity contribution in [3.8, 4) is 5.75 Å². The molecule has 0 saturated heterocycles. The van der Waals surface area contributed by atoms with Crippen LogP contribution in [0.4, 0.5) is 5.82 Å². The normalized spacial score (nSPS) is 16.9. The number of fused-ring (bicyclic) bond motifs is 1. The standard InChI is InChI=1S/C14H14ClN3O/c1-8-9(2)14(18-17-13(8)15)16-11-7-19-12-6-4-3-5-10(11)12/h3-6,11H,7H2,1-2H3,(H,16,18). The number of benzene rings is 1. The molecule has 3 rings (SSSR count). The molecular formula is C14H14ClN3O. The highest BCUT2D eigenvalue weighted by Gasteiger charge is 2.24. The average molecular weight is 276 g/mol. The third kappa shape index (κ3) is 2.12. The van der Waals surface area contributed by atoms with E-state index in [1.54, 1.807) is 0 Å². The maximum absolute atomic E-state index is 5.96. The van der Waals surface area contributed by atoms with Crippen LogP contribution < -0.4 is 10.1 Å². The van der Waals surface area contributed by atoms with Crippen molar-refractivity contribution in [2.45, 2.75) is 19.9 Å². The van der Waals surface area contributed by atoms with Crippen molar-refractivity contribution < 1.29 is 4.74 Å². The van der Waals surface area contributed by atoms with Crippen LogP contribution in [0.5, 0.6) is 5.75 Å². The van der Waals surface area contributed by atoms with Gasteiger partial charge in [0.2, 0.25) is 0 Å². The lowest BCUT2D eigenvalue weighted by atomic mass is 10.1. The number of nitrogens with one attached hydrogen (secondary N) is 1.